The highest BCUT2D eigenvalue weighted by atomic mass is 35.5. The molecule has 0 radical (unpaired) electrons. The van der Waals surface area contributed by atoms with Crippen molar-refractivity contribution in [3.8, 4) is 5.75 Å². The molecule has 1 aromatic carbocycles. The van der Waals surface area contributed by atoms with Crippen molar-refractivity contribution < 1.29 is 9.84 Å². The highest BCUT2D eigenvalue weighted by Gasteiger charge is 2.21. The van der Waals surface area contributed by atoms with Gasteiger partial charge in [-0.3, -0.25) is 0 Å². The minimum absolute atomic E-state index is 0.140. The average molecular weight is 282 g/mol. The molecular weight excluding hydrogens is 262 g/mol. The van der Waals surface area contributed by atoms with E-state index in [1.807, 2.05) is 18.2 Å². The van der Waals surface area contributed by atoms with E-state index in [1.54, 1.807) is 7.11 Å². The van der Waals surface area contributed by atoms with Crippen molar-refractivity contribution in [2.45, 2.75) is 25.4 Å². The summed E-state index contributed by atoms with van der Waals surface area (Å²) in [5, 5.41) is 13.4. The zero-order valence-corrected chi connectivity index (χ0v) is 12.0. The fourth-order valence-electron chi connectivity index (χ4n) is 2.49. The third kappa shape index (κ3) is 3.50. The summed E-state index contributed by atoms with van der Waals surface area (Å²) < 4.78 is 5.37. The van der Waals surface area contributed by atoms with E-state index in [-0.39, 0.29) is 24.6 Å². The lowest BCUT2D eigenvalue weighted by molar-refractivity contribution is 0.245. The Morgan fingerprint density at radius 2 is 2.26 bits per heavy atom. The summed E-state index contributed by atoms with van der Waals surface area (Å²) in [5.41, 5.74) is 1.05. The quantitative estimate of drug-likeness (QED) is 0.816. The molecule has 0 aromatic heterocycles. The van der Waals surface area contributed by atoms with Crippen LogP contribution in [0.15, 0.2) is 30.4 Å². The highest BCUT2D eigenvalue weighted by Crippen LogP contribution is 2.29. The van der Waals surface area contributed by atoms with Gasteiger partial charge in [-0.15, -0.1) is 0 Å². The van der Waals surface area contributed by atoms with E-state index in [0.29, 0.717) is 5.02 Å². The number of hydrogen-bond donors (Lipinski definition) is 2. The van der Waals surface area contributed by atoms with E-state index in [4.69, 9.17) is 21.4 Å². The van der Waals surface area contributed by atoms with Gasteiger partial charge in [0.25, 0.3) is 0 Å². The van der Waals surface area contributed by atoms with Gasteiger partial charge in [0, 0.05) is 35.2 Å². The smallest absolute Gasteiger partial charge is 0.123 e. The van der Waals surface area contributed by atoms with Crippen LogP contribution < -0.4 is 10.1 Å². The second kappa shape index (κ2) is 6.42. The van der Waals surface area contributed by atoms with Gasteiger partial charge in [0.2, 0.25) is 0 Å². The summed E-state index contributed by atoms with van der Waals surface area (Å²) in [6.45, 7) is 2.30. The lowest BCUT2D eigenvalue weighted by atomic mass is 10.0. The van der Waals surface area contributed by atoms with Gasteiger partial charge in [0.15, 0.2) is 0 Å². The fourth-order valence-corrected chi connectivity index (χ4v) is 2.67. The minimum atomic E-state index is 0.140. The first-order valence-corrected chi connectivity index (χ1v) is 6.90. The molecule has 104 valence electrons. The Bertz CT molecular complexity index is 461. The molecule has 0 amide bonds. The van der Waals surface area contributed by atoms with Crippen molar-refractivity contribution in [3.05, 3.63) is 40.9 Å². The summed E-state index contributed by atoms with van der Waals surface area (Å²) in [4.78, 5) is 0. The maximum Gasteiger partial charge on any atom is 0.123 e. The number of ether oxygens (including phenoxy) is 1. The van der Waals surface area contributed by atoms with Crippen LogP contribution >= 0.6 is 11.6 Å². The van der Waals surface area contributed by atoms with Crippen LogP contribution in [0.25, 0.3) is 0 Å². The number of halogens is 1. The number of aliphatic hydroxyl groups excluding tert-OH is 1. The molecule has 3 nitrogen and oxygen atoms in total. The molecule has 0 aliphatic heterocycles. The summed E-state index contributed by atoms with van der Waals surface area (Å²) in [6.07, 6.45) is 5.12. The van der Waals surface area contributed by atoms with E-state index < -0.39 is 0 Å². The van der Waals surface area contributed by atoms with Crippen molar-refractivity contribution in [2.75, 3.05) is 13.7 Å². The van der Waals surface area contributed by atoms with Crippen LogP contribution in [0.2, 0.25) is 5.02 Å². The molecule has 3 atom stereocenters. The number of rotatable bonds is 5. The molecule has 1 aliphatic rings. The normalized spacial score (nSPS) is 23.6. The van der Waals surface area contributed by atoms with Crippen LogP contribution in [0, 0.1) is 5.92 Å². The summed E-state index contributed by atoms with van der Waals surface area (Å²) in [7, 11) is 1.66. The monoisotopic (exact) mass is 281 g/mol. The van der Waals surface area contributed by atoms with E-state index in [2.05, 4.69) is 24.4 Å². The molecule has 0 fully saturated rings. The Morgan fingerprint density at radius 1 is 1.47 bits per heavy atom. The first-order chi connectivity index (χ1) is 9.13. The molecule has 1 aliphatic carbocycles. The summed E-state index contributed by atoms with van der Waals surface area (Å²) in [6, 6.07) is 6.07. The molecule has 0 saturated heterocycles. The van der Waals surface area contributed by atoms with Gasteiger partial charge >= 0.3 is 0 Å². The van der Waals surface area contributed by atoms with Crippen LogP contribution in [0.3, 0.4) is 0 Å². The Balaban J connectivity index is 2.06. The SMILES string of the molecule is COc1ccc(Cl)cc1[C@@H](C)N[C@@H]1C=C[C@H](CO)C1. The maximum atomic E-state index is 9.14. The van der Waals surface area contributed by atoms with Gasteiger partial charge in [0.05, 0.1) is 7.11 Å². The molecule has 0 saturated carbocycles. The zero-order valence-electron chi connectivity index (χ0n) is 11.3. The largest absolute Gasteiger partial charge is 0.496 e. The van der Waals surface area contributed by atoms with Crippen LogP contribution in [-0.2, 0) is 0 Å². The van der Waals surface area contributed by atoms with E-state index in [9.17, 15) is 0 Å². The van der Waals surface area contributed by atoms with Gasteiger partial charge in [-0.1, -0.05) is 23.8 Å². The minimum Gasteiger partial charge on any atom is -0.496 e. The lowest BCUT2D eigenvalue weighted by Gasteiger charge is -2.21. The molecule has 0 bridgehead atoms. The number of benzene rings is 1. The first kappa shape index (κ1) is 14.4. The van der Waals surface area contributed by atoms with E-state index in [1.165, 1.54) is 0 Å². The second-order valence-electron chi connectivity index (χ2n) is 4.94. The van der Waals surface area contributed by atoms with Crippen LogP contribution in [0.4, 0.5) is 0 Å². The molecule has 0 spiro atoms. The number of aliphatic hydroxyl groups is 1. The van der Waals surface area contributed by atoms with Gasteiger partial charge in [0.1, 0.15) is 5.75 Å². The first-order valence-electron chi connectivity index (χ1n) is 6.52. The predicted octanol–water partition coefficient (Wildman–Crippen LogP) is 2.94. The molecule has 1 aromatic rings. The van der Waals surface area contributed by atoms with Crippen molar-refractivity contribution in [1.29, 1.82) is 0 Å². The van der Waals surface area contributed by atoms with Crippen LogP contribution in [-0.4, -0.2) is 24.9 Å². The Morgan fingerprint density at radius 3 is 2.89 bits per heavy atom. The Labute approximate surface area is 119 Å². The molecule has 0 heterocycles. The summed E-state index contributed by atoms with van der Waals surface area (Å²) >= 11 is 6.05. The van der Waals surface area contributed by atoms with Gasteiger partial charge in [-0.2, -0.15) is 0 Å². The molecule has 2 rings (SSSR count). The van der Waals surface area contributed by atoms with Gasteiger partial charge in [-0.05, 0) is 31.5 Å². The topological polar surface area (TPSA) is 41.5 Å². The molecule has 19 heavy (non-hydrogen) atoms. The van der Waals surface area contributed by atoms with Gasteiger partial charge in [-0.25, -0.2) is 0 Å². The number of methoxy groups -OCH3 is 1. The predicted molar refractivity (Wildman–Crippen MR) is 77.7 cm³/mol. The molecule has 2 N–H and O–H groups in total. The fraction of sp³-hybridized carbons (Fsp3) is 0.467. The van der Waals surface area contributed by atoms with Crippen LogP contribution in [0.1, 0.15) is 24.9 Å². The second-order valence-corrected chi connectivity index (χ2v) is 5.38. The summed E-state index contributed by atoms with van der Waals surface area (Å²) in [5.74, 6) is 1.11. The van der Waals surface area contributed by atoms with Crippen molar-refractivity contribution in [1.82, 2.24) is 5.32 Å². The number of hydrogen-bond acceptors (Lipinski definition) is 3. The zero-order chi connectivity index (χ0) is 13.8. The molecule has 0 unspecified atom stereocenters. The lowest BCUT2D eigenvalue weighted by Crippen LogP contribution is -2.29. The molecular formula is C15H20ClNO2. The third-order valence-corrected chi connectivity index (χ3v) is 3.76. The van der Waals surface area contributed by atoms with Crippen LogP contribution in [0.5, 0.6) is 5.75 Å². The third-order valence-electron chi connectivity index (χ3n) is 3.53. The Hall–Kier alpha value is -1.03. The average Bonchev–Trinajstić information content (AvgIpc) is 2.86. The van der Waals surface area contributed by atoms with Crippen molar-refractivity contribution >= 4 is 11.6 Å². The van der Waals surface area contributed by atoms with Gasteiger partial charge < -0.3 is 15.2 Å². The number of nitrogens with one attached hydrogen (secondary N) is 1. The molecule has 4 heteroatoms. The standard InChI is InChI=1S/C15H20ClNO2/c1-10(17-13-5-3-11(7-13)9-18)14-8-12(16)4-6-15(14)19-2/h3-6,8,10-11,13,17-18H,7,9H2,1-2H3/t10-,11+,13-/m1/s1. The van der Waals surface area contributed by atoms with Crippen molar-refractivity contribution in [2.24, 2.45) is 5.92 Å². The van der Waals surface area contributed by atoms with Crippen molar-refractivity contribution in [3.63, 3.8) is 0 Å². The van der Waals surface area contributed by atoms with E-state index in [0.717, 1.165) is 17.7 Å². The Kier molecular flexibility index (Phi) is 4.86. The van der Waals surface area contributed by atoms with E-state index >= 15 is 0 Å². The highest BCUT2D eigenvalue weighted by molar-refractivity contribution is 6.30. The maximum absolute atomic E-state index is 9.14.